The van der Waals surface area contributed by atoms with Crippen LogP contribution in [0, 0.1) is 11.3 Å². The maximum atomic E-state index is 13.9. The number of carbonyl (C=O) groups excluding carboxylic acids is 1. The highest BCUT2D eigenvalue weighted by molar-refractivity contribution is 5.99. The van der Waals surface area contributed by atoms with Crippen LogP contribution in [0.1, 0.15) is 41.0 Å². The molecule has 0 radical (unpaired) electrons. The molecule has 43 heavy (non-hydrogen) atoms. The number of anilines is 1. The summed E-state index contributed by atoms with van der Waals surface area (Å²) in [6, 6.07) is 44.8. The van der Waals surface area contributed by atoms with Gasteiger partial charge in [0.25, 0.3) is 0 Å². The largest absolute Gasteiger partial charge is 0.372 e. The predicted octanol–water partition coefficient (Wildman–Crippen LogP) is 7.21. The van der Waals surface area contributed by atoms with Crippen molar-refractivity contribution in [3.05, 3.63) is 150 Å². The second-order valence-electron chi connectivity index (χ2n) is 11.1. The van der Waals surface area contributed by atoms with Gasteiger partial charge < -0.3 is 15.0 Å². The molecule has 1 saturated heterocycles. The molecule has 0 unspecified atom stereocenters. The molecular formula is C38H35N3O2. The van der Waals surface area contributed by atoms with E-state index in [0.717, 1.165) is 28.4 Å². The first-order valence-corrected chi connectivity index (χ1v) is 14.9. The highest BCUT2D eigenvalue weighted by atomic mass is 16.5. The smallest absolute Gasteiger partial charge is 0.242 e. The summed E-state index contributed by atoms with van der Waals surface area (Å²) >= 11 is 0. The normalized spacial score (nSPS) is 16.3. The monoisotopic (exact) mass is 565 g/mol. The minimum absolute atomic E-state index is 0.000810. The zero-order chi connectivity index (χ0) is 29.4. The summed E-state index contributed by atoms with van der Waals surface area (Å²) in [6.45, 7) is 1.65. The van der Waals surface area contributed by atoms with Crippen LogP contribution in [0.4, 0.5) is 5.69 Å². The Kier molecular flexibility index (Phi) is 8.77. The summed E-state index contributed by atoms with van der Waals surface area (Å²) in [5.41, 5.74) is 5.17. The number of nitrogens with one attached hydrogen (secondary N) is 1. The highest BCUT2D eigenvalue weighted by Crippen LogP contribution is 2.35. The molecule has 2 atom stereocenters. The number of rotatable bonds is 10. The third-order valence-corrected chi connectivity index (χ3v) is 8.36. The van der Waals surface area contributed by atoms with Crippen LogP contribution in [0.25, 0.3) is 10.8 Å². The molecule has 0 aliphatic carbocycles. The Morgan fingerprint density at radius 2 is 1.42 bits per heavy atom. The third-order valence-electron chi connectivity index (χ3n) is 8.36. The molecule has 214 valence electrons. The number of benzene rings is 5. The van der Waals surface area contributed by atoms with Gasteiger partial charge in [-0.2, -0.15) is 5.26 Å². The molecule has 0 bridgehead atoms. The van der Waals surface area contributed by atoms with E-state index < -0.39 is 0 Å². The van der Waals surface area contributed by atoms with Crippen LogP contribution < -0.4 is 10.2 Å². The quantitative estimate of drug-likeness (QED) is 0.194. The van der Waals surface area contributed by atoms with Gasteiger partial charge in [-0.05, 0) is 35.2 Å². The number of hydrogen-bond donors (Lipinski definition) is 1. The fourth-order valence-electron chi connectivity index (χ4n) is 6.21. The predicted molar refractivity (Wildman–Crippen MR) is 172 cm³/mol. The van der Waals surface area contributed by atoms with Crippen LogP contribution in [-0.2, 0) is 16.1 Å². The van der Waals surface area contributed by atoms with E-state index >= 15 is 0 Å². The molecule has 1 heterocycles. The van der Waals surface area contributed by atoms with Gasteiger partial charge >= 0.3 is 0 Å². The first-order chi connectivity index (χ1) is 21.2. The Balaban J connectivity index is 1.22. The lowest BCUT2D eigenvalue weighted by Gasteiger charge is -2.27. The summed E-state index contributed by atoms with van der Waals surface area (Å²) < 4.78 is 6.36. The van der Waals surface area contributed by atoms with Crippen molar-refractivity contribution >= 4 is 22.4 Å². The fraction of sp³-hybridized carbons (Fsp3) is 0.211. The van der Waals surface area contributed by atoms with Gasteiger partial charge in [-0.25, -0.2) is 0 Å². The molecule has 5 aromatic rings. The molecule has 1 amide bonds. The highest BCUT2D eigenvalue weighted by Gasteiger charge is 2.38. The van der Waals surface area contributed by atoms with E-state index in [-0.39, 0.29) is 24.0 Å². The molecule has 0 saturated carbocycles. The van der Waals surface area contributed by atoms with Crippen molar-refractivity contribution < 1.29 is 9.53 Å². The summed E-state index contributed by atoms with van der Waals surface area (Å²) in [5.74, 6) is 0.186. The molecule has 0 spiro atoms. The van der Waals surface area contributed by atoms with Crippen molar-refractivity contribution in [2.45, 2.75) is 37.5 Å². The number of nitrogens with zero attached hydrogens (tertiary/aromatic N) is 2. The van der Waals surface area contributed by atoms with Crippen molar-refractivity contribution in [2.75, 3.05) is 18.0 Å². The summed E-state index contributed by atoms with van der Waals surface area (Å²) in [4.78, 5) is 16.1. The van der Waals surface area contributed by atoms with Crippen LogP contribution in [0.5, 0.6) is 0 Å². The van der Waals surface area contributed by atoms with E-state index in [1.807, 2.05) is 66.7 Å². The average Bonchev–Trinajstić information content (AvgIpc) is 3.50. The Bertz CT molecular complexity index is 1660. The first-order valence-electron chi connectivity index (χ1n) is 14.9. The number of nitriles is 1. The Morgan fingerprint density at radius 1 is 0.814 bits per heavy atom. The van der Waals surface area contributed by atoms with E-state index in [1.165, 1.54) is 11.1 Å². The summed E-state index contributed by atoms with van der Waals surface area (Å²) in [5, 5.41) is 14.8. The molecule has 1 aliphatic rings. The van der Waals surface area contributed by atoms with E-state index in [4.69, 9.17) is 4.74 Å². The number of carbonyl (C=O) groups is 1. The Morgan fingerprint density at radius 3 is 2.07 bits per heavy atom. The van der Waals surface area contributed by atoms with Crippen LogP contribution in [-0.4, -0.2) is 31.1 Å². The standard InChI is InChI=1S/C38H35N3O2/c39-25-31-20-21-36(35-19-11-10-18-34(31)35)41-26-32(43-27-28-12-4-1-5-13-28)24-37(41)38(42)40-23-22-33(29-14-6-2-7-15-29)30-16-8-3-9-17-30/h1-21,32-33,37H,22-24,26-27H2,(H,40,42)/t32-,37-/m0/s1. The molecule has 1 fully saturated rings. The van der Waals surface area contributed by atoms with E-state index in [2.05, 4.69) is 76.9 Å². The Labute approximate surface area is 253 Å². The molecule has 0 aromatic heterocycles. The lowest BCUT2D eigenvalue weighted by atomic mass is 9.88. The van der Waals surface area contributed by atoms with Gasteiger partial charge in [-0.1, -0.05) is 115 Å². The van der Waals surface area contributed by atoms with Crippen LogP contribution in [0.2, 0.25) is 0 Å². The Hall–Kier alpha value is -4.92. The zero-order valence-corrected chi connectivity index (χ0v) is 24.1. The molecule has 6 rings (SSSR count). The zero-order valence-electron chi connectivity index (χ0n) is 24.1. The fourth-order valence-corrected chi connectivity index (χ4v) is 6.21. The second-order valence-corrected chi connectivity index (χ2v) is 11.1. The van der Waals surface area contributed by atoms with E-state index in [1.54, 1.807) is 0 Å². The maximum Gasteiger partial charge on any atom is 0.242 e. The lowest BCUT2D eigenvalue weighted by molar-refractivity contribution is -0.122. The number of ether oxygens (including phenoxy) is 1. The minimum Gasteiger partial charge on any atom is -0.372 e. The van der Waals surface area contributed by atoms with Crippen molar-refractivity contribution in [3.8, 4) is 6.07 Å². The average molecular weight is 566 g/mol. The van der Waals surface area contributed by atoms with Gasteiger partial charge in [0.15, 0.2) is 0 Å². The SMILES string of the molecule is N#Cc1ccc(N2C[C@@H](OCc3ccccc3)C[C@H]2C(=O)NCCC(c2ccccc2)c2ccccc2)c2ccccc12. The van der Waals surface area contributed by atoms with Gasteiger partial charge in [-0.15, -0.1) is 0 Å². The van der Waals surface area contributed by atoms with Crippen molar-refractivity contribution in [3.63, 3.8) is 0 Å². The molecule has 5 aromatic carbocycles. The lowest BCUT2D eigenvalue weighted by Crippen LogP contribution is -2.44. The van der Waals surface area contributed by atoms with Crippen molar-refractivity contribution in [1.82, 2.24) is 5.32 Å². The third kappa shape index (κ3) is 6.45. The van der Waals surface area contributed by atoms with Gasteiger partial charge in [0, 0.05) is 41.9 Å². The molecule has 1 N–H and O–H groups in total. The molecule has 5 nitrogen and oxygen atoms in total. The van der Waals surface area contributed by atoms with Gasteiger partial charge in [0.05, 0.1) is 24.3 Å². The van der Waals surface area contributed by atoms with Crippen molar-refractivity contribution in [1.29, 1.82) is 5.26 Å². The van der Waals surface area contributed by atoms with Gasteiger partial charge in [0.1, 0.15) is 6.04 Å². The van der Waals surface area contributed by atoms with Crippen LogP contribution >= 0.6 is 0 Å². The first kappa shape index (κ1) is 28.2. The number of amides is 1. The number of hydrogen-bond acceptors (Lipinski definition) is 4. The number of fused-ring (bicyclic) bond motifs is 1. The van der Waals surface area contributed by atoms with Crippen LogP contribution in [0.15, 0.2) is 127 Å². The van der Waals surface area contributed by atoms with E-state index in [0.29, 0.717) is 31.7 Å². The van der Waals surface area contributed by atoms with E-state index in [9.17, 15) is 10.1 Å². The maximum absolute atomic E-state index is 13.9. The molecule has 1 aliphatic heterocycles. The molecular weight excluding hydrogens is 530 g/mol. The van der Waals surface area contributed by atoms with Crippen molar-refractivity contribution in [2.24, 2.45) is 0 Å². The van der Waals surface area contributed by atoms with Gasteiger partial charge in [-0.3, -0.25) is 4.79 Å². The second kappa shape index (κ2) is 13.4. The molecule has 5 heteroatoms. The summed E-state index contributed by atoms with van der Waals surface area (Å²) in [7, 11) is 0. The van der Waals surface area contributed by atoms with Crippen LogP contribution in [0.3, 0.4) is 0 Å². The topological polar surface area (TPSA) is 65.4 Å². The minimum atomic E-state index is -0.385. The van der Waals surface area contributed by atoms with Gasteiger partial charge in [0.2, 0.25) is 5.91 Å². The summed E-state index contributed by atoms with van der Waals surface area (Å²) in [6.07, 6.45) is 1.28.